The minimum Gasteiger partial charge on any atom is -0.491 e. The largest absolute Gasteiger partial charge is 0.573 e. The Hall–Kier alpha value is -3.62. The molecule has 0 bridgehead atoms. The van der Waals surface area contributed by atoms with Crippen LogP contribution in [0.3, 0.4) is 0 Å². The smallest absolute Gasteiger partial charge is 0.491 e. The van der Waals surface area contributed by atoms with Crippen LogP contribution in [0.25, 0.3) is 21.8 Å². The number of hydrogen-bond acceptors (Lipinski definition) is 8. The molecule has 2 aromatic carbocycles. The van der Waals surface area contributed by atoms with Crippen LogP contribution in [-0.4, -0.2) is 56.7 Å². The molecule has 232 valence electrons. The molecule has 0 aliphatic heterocycles. The lowest BCUT2D eigenvalue weighted by molar-refractivity contribution is -0.274. The summed E-state index contributed by atoms with van der Waals surface area (Å²) in [5, 5.41) is 13.2. The molecule has 1 aliphatic rings. The molecule has 6 rings (SSSR count). The second-order valence-corrected chi connectivity index (χ2v) is 13.2. The molecule has 44 heavy (non-hydrogen) atoms. The van der Waals surface area contributed by atoms with Gasteiger partial charge in [-0.1, -0.05) is 6.07 Å². The third-order valence-electron chi connectivity index (χ3n) is 6.97. The summed E-state index contributed by atoms with van der Waals surface area (Å²) in [5.41, 5.74) is 2.16. The maximum Gasteiger partial charge on any atom is 0.573 e. The molecule has 0 amide bonds. The number of halogens is 4. The molecule has 1 saturated carbocycles. The molecule has 1 aliphatic carbocycles. The summed E-state index contributed by atoms with van der Waals surface area (Å²) in [6.45, 7) is 0.894. The number of nitrogens with zero attached hydrogens (tertiary/aromatic N) is 4. The van der Waals surface area contributed by atoms with Gasteiger partial charge >= 0.3 is 6.36 Å². The summed E-state index contributed by atoms with van der Waals surface area (Å²) in [6, 6.07) is 13.5. The molecular weight excluding hydrogens is 663 g/mol. The fraction of sp³-hybridized carbons (Fsp3) is 0.333. The van der Waals surface area contributed by atoms with Gasteiger partial charge in [0.1, 0.15) is 23.0 Å². The molecule has 3 aromatic heterocycles. The Balaban J connectivity index is 1.25. The van der Waals surface area contributed by atoms with Crippen molar-refractivity contribution < 1.29 is 31.3 Å². The number of nitrogens with one attached hydrogen (secondary N) is 1. The van der Waals surface area contributed by atoms with Gasteiger partial charge in [-0.25, -0.2) is 0 Å². The average Bonchev–Trinajstić information content (AvgIpc) is 3.60. The normalized spacial score (nSPS) is 14.4. The lowest BCUT2D eigenvalue weighted by atomic mass is 10.2. The van der Waals surface area contributed by atoms with Crippen molar-refractivity contribution in [3.05, 3.63) is 70.7 Å². The Labute approximate surface area is 261 Å². The number of benzene rings is 2. The number of furan rings is 1. The Bertz CT molecular complexity index is 1840. The van der Waals surface area contributed by atoms with Crippen LogP contribution < -0.4 is 14.8 Å². The van der Waals surface area contributed by atoms with Gasteiger partial charge in [-0.15, -0.1) is 18.3 Å². The van der Waals surface area contributed by atoms with E-state index < -0.39 is 17.2 Å². The highest BCUT2D eigenvalue weighted by Crippen LogP contribution is 2.46. The highest BCUT2D eigenvalue weighted by atomic mass is 79.9. The Morgan fingerprint density at radius 3 is 2.68 bits per heavy atom. The van der Waals surface area contributed by atoms with Crippen LogP contribution in [0.15, 0.2) is 63.6 Å². The van der Waals surface area contributed by atoms with Gasteiger partial charge in [0.15, 0.2) is 5.82 Å². The zero-order valence-electron chi connectivity index (χ0n) is 23.9. The van der Waals surface area contributed by atoms with Crippen molar-refractivity contribution in [2.45, 2.75) is 37.5 Å². The van der Waals surface area contributed by atoms with E-state index in [9.17, 15) is 17.4 Å². The highest BCUT2D eigenvalue weighted by Gasteiger charge is 2.31. The second-order valence-electron chi connectivity index (χ2n) is 10.8. The van der Waals surface area contributed by atoms with Crippen LogP contribution >= 0.6 is 15.9 Å². The van der Waals surface area contributed by atoms with Crippen molar-refractivity contribution >= 4 is 60.0 Å². The number of aromatic nitrogens is 3. The lowest BCUT2D eigenvalue weighted by Gasteiger charge is -2.11. The number of rotatable bonds is 12. The van der Waals surface area contributed by atoms with E-state index >= 15 is 0 Å². The quantitative estimate of drug-likeness (QED) is 0.146. The summed E-state index contributed by atoms with van der Waals surface area (Å²) in [6.07, 6.45) is -1.07. The van der Waals surface area contributed by atoms with Crippen LogP contribution in [0.5, 0.6) is 11.5 Å². The molecule has 1 fully saturated rings. The molecule has 14 heteroatoms. The molecule has 1 atom stereocenters. The third-order valence-corrected chi connectivity index (χ3v) is 8.82. The molecule has 3 heterocycles. The first kappa shape index (κ1) is 30.4. The minimum atomic E-state index is -4.80. The molecule has 9 nitrogen and oxygen atoms in total. The van der Waals surface area contributed by atoms with Crippen molar-refractivity contribution in [2.24, 2.45) is 0 Å². The van der Waals surface area contributed by atoms with Crippen LogP contribution in [0.1, 0.15) is 30.4 Å². The van der Waals surface area contributed by atoms with E-state index in [1.54, 1.807) is 12.3 Å². The molecule has 0 spiro atoms. The second kappa shape index (κ2) is 12.4. The van der Waals surface area contributed by atoms with Crippen LogP contribution in [0, 0.1) is 0 Å². The molecule has 5 aromatic rings. The third kappa shape index (κ3) is 7.02. The van der Waals surface area contributed by atoms with E-state index in [-0.39, 0.29) is 12.4 Å². The van der Waals surface area contributed by atoms with Crippen molar-refractivity contribution in [3.63, 3.8) is 0 Å². The predicted molar refractivity (Wildman–Crippen MR) is 166 cm³/mol. The molecule has 0 saturated heterocycles. The van der Waals surface area contributed by atoms with Crippen LogP contribution in [0.4, 0.5) is 24.7 Å². The van der Waals surface area contributed by atoms with Crippen LogP contribution in [-0.2, 0) is 23.1 Å². The van der Waals surface area contributed by atoms with E-state index in [1.807, 2.05) is 43.3 Å². The van der Waals surface area contributed by atoms with Crippen molar-refractivity contribution in [1.82, 2.24) is 19.7 Å². The zero-order chi connectivity index (χ0) is 31.0. The SMILES string of the molecule is CN(C)Cc1ccc(CS(=O)CCOc2cc3c4c(Nc5cccc(OC(F)(F)F)c5)nncc4n(C4CC4)c3cc2Br)o1. The lowest BCUT2D eigenvalue weighted by Crippen LogP contribution is -2.17. The predicted octanol–water partition coefficient (Wildman–Crippen LogP) is 7.31. The average molecular weight is 693 g/mol. The molecule has 0 radical (unpaired) electrons. The van der Waals surface area contributed by atoms with Crippen LogP contribution in [0.2, 0.25) is 0 Å². The maximum atomic E-state index is 12.8. The van der Waals surface area contributed by atoms with Gasteiger partial charge in [-0.05, 0) is 79.3 Å². The Morgan fingerprint density at radius 1 is 1.14 bits per heavy atom. The first-order chi connectivity index (χ1) is 21.0. The van der Waals surface area contributed by atoms with Crippen molar-refractivity contribution in [1.29, 1.82) is 0 Å². The molecular formula is C30H29BrF3N5O4S. The standard InChI is InChI=1S/C30H29BrF3N5O4S/c1-38(2)16-21-8-9-22(42-21)17-44(40)11-10-41-27-13-23-25(14-24(27)31)39(19-6-7-19)26-15-35-37-29(28(23)26)36-18-4-3-5-20(12-18)43-30(32,33)34/h3-5,8-9,12-15,19H,6-7,10-11,16-17H2,1-2H3,(H,36,37). The van der Waals surface area contributed by atoms with Gasteiger partial charge in [0.25, 0.3) is 0 Å². The minimum absolute atomic E-state index is 0.222. The maximum absolute atomic E-state index is 12.8. The number of ether oxygens (including phenoxy) is 2. The summed E-state index contributed by atoms with van der Waals surface area (Å²) in [4.78, 5) is 2.00. The van der Waals surface area contributed by atoms with Gasteiger partial charge in [-0.3, -0.25) is 4.21 Å². The Morgan fingerprint density at radius 2 is 1.93 bits per heavy atom. The first-order valence-corrected chi connectivity index (χ1v) is 16.1. The van der Waals surface area contributed by atoms with Gasteiger partial charge in [-0.2, -0.15) is 5.10 Å². The number of anilines is 2. The first-order valence-electron chi connectivity index (χ1n) is 13.9. The van der Waals surface area contributed by atoms with E-state index in [0.717, 1.165) is 44.9 Å². The molecule has 1 unspecified atom stereocenters. The van der Waals surface area contributed by atoms with Crippen molar-refractivity contribution in [2.75, 3.05) is 31.8 Å². The van der Waals surface area contributed by atoms with Gasteiger partial charge in [0.05, 0.1) is 51.7 Å². The Kier molecular flexibility index (Phi) is 8.57. The summed E-state index contributed by atoms with van der Waals surface area (Å²) >= 11 is 3.64. The summed E-state index contributed by atoms with van der Waals surface area (Å²) < 4.78 is 70.1. The van der Waals surface area contributed by atoms with E-state index in [0.29, 0.717) is 47.1 Å². The van der Waals surface area contributed by atoms with E-state index in [4.69, 9.17) is 9.15 Å². The summed E-state index contributed by atoms with van der Waals surface area (Å²) in [5.74, 6) is 2.72. The molecule has 1 N–H and O–H groups in total. The van der Waals surface area contributed by atoms with Gasteiger partial charge < -0.3 is 28.7 Å². The topological polar surface area (TPSA) is 94.6 Å². The van der Waals surface area contributed by atoms with E-state index in [1.165, 1.54) is 18.2 Å². The number of hydrogen-bond donors (Lipinski definition) is 1. The summed E-state index contributed by atoms with van der Waals surface area (Å²) in [7, 11) is 2.72. The zero-order valence-corrected chi connectivity index (χ0v) is 26.3. The van der Waals surface area contributed by atoms with Crippen molar-refractivity contribution in [3.8, 4) is 11.5 Å². The monoisotopic (exact) mass is 691 g/mol. The number of alkyl halides is 3. The van der Waals surface area contributed by atoms with E-state index in [2.05, 4.69) is 40.7 Å². The highest BCUT2D eigenvalue weighted by molar-refractivity contribution is 9.10. The number of fused-ring (bicyclic) bond motifs is 3. The fourth-order valence-corrected chi connectivity index (χ4v) is 6.43. The fourth-order valence-electron chi connectivity index (χ4n) is 5.10. The van der Waals surface area contributed by atoms with Gasteiger partial charge in [0, 0.05) is 34.0 Å². The van der Waals surface area contributed by atoms with Gasteiger partial charge in [0.2, 0.25) is 0 Å².